The minimum absolute atomic E-state index is 0.216. The van der Waals surface area contributed by atoms with Crippen molar-refractivity contribution < 1.29 is 14.6 Å². The Bertz CT molecular complexity index is 276. The van der Waals surface area contributed by atoms with Gasteiger partial charge in [0.05, 0.1) is 11.7 Å². The smallest absolute Gasteiger partial charge is 0.307 e. The van der Waals surface area contributed by atoms with E-state index in [9.17, 15) is 4.79 Å². The molecule has 1 unspecified atom stereocenters. The van der Waals surface area contributed by atoms with Crippen LogP contribution in [0, 0.1) is 5.92 Å². The quantitative estimate of drug-likeness (QED) is 0.686. The average molecular weight is 196 g/mol. The lowest BCUT2D eigenvalue weighted by Gasteiger charge is -2.35. The lowest BCUT2D eigenvalue weighted by molar-refractivity contribution is -0.142. The molecule has 0 aliphatic carbocycles. The average Bonchev–Trinajstić information content (AvgIpc) is 1.99. The Morgan fingerprint density at radius 3 is 2.71 bits per heavy atom. The van der Waals surface area contributed by atoms with Gasteiger partial charge in [-0.1, -0.05) is 6.08 Å². The third-order valence-corrected chi connectivity index (χ3v) is 2.15. The SMILES string of the molecule is C=CCC(CC1=CC(C)(C)O1)C(=O)O. The summed E-state index contributed by atoms with van der Waals surface area (Å²) >= 11 is 0. The zero-order valence-corrected chi connectivity index (χ0v) is 8.62. The molecule has 0 saturated carbocycles. The zero-order valence-electron chi connectivity index (χ0n) is 8.62. The maximum Gasteiger partial charge on any atom is 0.307 e. The highest BCUT2D eigenvalue weighted by Crippen LogP contribution is 2.32. The van der Waals surface area contributed by atoms with Crippen LogP contribution in [0.2, 0.25) is 0 Å². The molecule has 0 bridgehead atoms. The second-order valence-corrected chi connectivity index (χ2v) is 4.08. The predicted octanol–water partition coefficient (Wildman–Crippen LogP) is 2.35. The number of carbonyl (C=O) groups is 1. The molecule has 0 saturated heterocycles. The number of allylic oxidation sites excluding steroid dienone is 2. The van der Waals surface area contributed by atoms with E-state index in [1.165, 1.54) is 0 Å². The molecule has 0 aromatic carbocycles. The number of hydrogen-bond donors (Lipinski definition) is 1. The summed E-state index contributed by atoms with van der Waals surface area (Å²) < 4.78 is 5.42. The topological polar surface area (TPSA) is 46.5 Å². The summed E-state index contributed by atoms with van der Waals surface area (Å²) in [5.74, 6) is -0.418. The van der Waals surface area contributed by atoms with Crippen molar-refractivity contribution in [3.05, 3.63) is 24.5 Å². The van der Waals surface area contributed by atoms with Crippen molar-refractivity contribution in [3.63, 3.8) is 0 Å². The predicted molar refractivity (Wildman–Crippen MR) is 53.8 cm³/mol. The highest BCUT2D eigenvalue weighted by molar-refractivity contribution is 5.70. The summed E-state index contributed by atoms with van der Waals surface area (Å²) in [5, 5.41) is 8.87. The van der Waals surface area contributed by atoms with Crippen LogP contribution in [-0.2, 0) is 9.53 Å². The largest absolute Gasteiger partial charge is 0.488 e. The van der Waals surface area contributed by atoms with Crippen molar-refractivity contribution in [1.29, 1.82) is 0 Å². The number of aliphatic carboxylic acids is 1. The van der Waals surface area contributed by atoms with Crippen LogP contribution in [0.4, 0.5) is 0 Å². The second kappa shape index (κ2) is 3.86. The van der Waals surface area contributed by atoms with Gasteiger partial charge in [-0.15, -0.1) is 6.58 Å². The number of carboxylic acid groups (broad SMARTS) is 1. The molecule has 0 fully saturated rings. The molecule has 0 radical (unpaired) electrons. The maximum atomic E-state index is 10.8. The van der Waals surface area contributed by atoms with E-state index < -0.39 is 11.9 Å². The third kappa shape index (κ3) is 2.62. The molecule has 1 aliphatic rings. The molecule has 0 amide bonds. The van der Waals surface area contributed by atoms with Gasteiger partial charge >= 0.3 is 5.97 Å². The van der Waals surface area contributed by atoms with E-state index in [2.05, 4.69) is 6.58 Å². The molecule has 0 spiro atoms. The van der Waals surface area contributed by atoms with Gasteiger partial charge in [-0.3, -0.25) is 4.79 Å². The van der Waals surface area contributed by atoms with Crippen LogP contribution in [0.3, 0.4) is 0 Å². The Balaban J connectivity index is 2.50. The van der Waals surface area contributed by atoms with Gasteiger partial charge in [0.1, 0.15) is 5.60 Å². The molecule has 1 heterocycles. The molecule has 3 heteroatoms. The molecule has 14 heavy (non-hydrogen) atoms. The maximum absolute atomic E-state index is 10.8. The fraction of sp³-hybridized carbons (Fsp3) is 0.545. The third-order valence-electron chi connectivity index (χ3n) is 2.15. The fourth-order valence-electron chi connectivity index (χ4n) is 1.54. The van der Waals surface area contributed by atoms with Gasteiger partial charge in [-0.05, 0) is 26.3 Å². The van der Waals surface area contributed by atoms with E-state index in [4.69, 9.17) is 9.84 Å². The van der Waals surface area contributed by atoms with Crippen molar-refractivity contribution in [3.8, 4) is 0 Å². The Morgan fingerprint density at radius 2 is 2.36 bits per heavy atom. The van der Waals surface area contributed by atoms with E-state index in [1.54, 1.807) is 6.08 Å². The van der Waals surface area contributed by atoms with Crippen molar-refractivity contribution in [2.24, 2.45) is 5.92 Å². The first kappa shape index (κ1) is 10.8. The van der Waals surface area contributed by atoms with E-state index in [0.717, 1.165) is 5.76 Å². The van der Waals surface area contributed by atoms with Gasteiger partial charge in [-0.2, -0.15) is 0 Å². The number of rotatable bonds is 5. The van der Waals surface area contributed by atoms with E-state index in [0.29, 0.717) is 12.8 Å². The van der Waals surface area contributed by atoms with Gasteiger partial charge in [0, 0.05) is 6.42 Å². The molecular weight excluding hydrogens is 180 g/mol. The standard InChI is InChI=1S/C11H16O3/c1-4-5-8(10(12)13)6-9-7-11(2,3)14-9/h4,7-8H,1,5-6H2,2-3H3,(H,12,13). The number of ether oxygens (including phenoxy) is 1. The van der Waals surface area contributed by atoms with Crippen LogP contribution in [0.1, 0.15) is 26.7 Å². The highest BCUT2D eigenvalue weighted by atomic mass is 16.5. The number of hydrogen-bond acceptors (Lipinski definition) is 2. The van der Waals surface area contributed by atoms with E-state index in [-0.39, 0.29) is 5.60 Å². The molecule has 1 aliphatic heterocycles. The van der Waals surface area contributed by atoms with E-state index >= 15 is 0 Å². The second-order valence-electron chi connectivity index (χ2n) is 4.08. The molecule has 1 rings (SSSR count). The fourth-order valence-corrected chi connectivity index (χ4v) is 1.54. The van der Waals surface area contributed by atoms with Gasteiger partial charge in [-0.25, -0.2) is 0 Å². The van der Waals surface area contributed by atoms with Gasteiger partial charge < -0.3 is 9.84 Å². The van der Waals surface area contributed by atoms with Crippen LogP contribution >= 0.6 is 0 Å². The zero-order chi connectivity index (χ0) is 10.8. The van der Waals surface area contributed by atoms with Gasteiger partial charge in [0.15, 0.2) is 0 Å². The minimum atomic E-state index is -0.792. The summed E-state index contributed by atoms with van der Waals surface area (Å²) in [7, 11) is 0. The van der Waals surface area contributed by atoms with Gasteiger partial charge in [0.25, 0.3) is 0 Å². The molecular formula is C11H16O3. The first-order valence-electron chi connectivity index (χ1n) is 4.69. The Hall–Kier alpha value is -1.25. The molecule has 0 aromatic rings. The van der Waals surface area contributed by atoms with Crippen molar-refractivity contribution in [2.45, 2.75) is 32.3 Å². The van der Waals surface area contributed by atoms with Crippen LogP contribution in [0.25, 0.3) is 0 Å². The monoisotopic (exact) mass is 196 g/mol. The van der Waals surface area contributed by atoms with Crippen LogP contribution in [0.5, 0.6) is 0 Å². The lowest BCUT2D eigenvalue weighted by Crippen LogP contribution is -2.32. The van der Waals surface area contributed by atoms with Gasteiger partial charge in [0.2, 0.25) is 0 Å². The van der Waals surface area contributed by atoms with Crippen molar-refractivity contribution in [1.82, 2.24) is 0 Å². The minimum Gasteiger partial charge on any atom is -0.488 e. The van der Waals surface area contributed by atoms with Crippen LogP contribution < -0.4 is 0 Å². The Morgan fingerprint density at radius 1 is 1.79 bits per heavy atom. The lowest BCUT2D eigenvalue weighted by atomic mass is 9.94. The molecule has 78 valence electrons. The van der Waals surface area contributed by atoms with Crippen molar-refractivity contribution in [2.75, 3.05) is 0 Å². The molecule has 1 atom stereocenters. The Labute approximate surface area is 84.1 Å². The van der Waals surface area contributed by atoms with Crippen molar-refractivity contribution >= 4 is 5.97 Å². The molecule has 3 nitrogen and oxygen atoms in total. The first-order chi connectivity index (χ1) is 6.44. The normalized spacial score (nSPS) is 20.0. The summed E-state index contributed by atoms with van der Waals surface area (Å²) in [6.07, 6.45) is 4.54. The number of carboxylic acids is 1. The first-order valence-corrected chi connectivity index (χ1v) is 4.69. The summed E-state index contributed by atoms with van der Waals surface area (Å²) in [6.45, 7) is 7.43. The van der Waals surface area contributed by atoms with E-state index in [1.807, 2.05) is 19.9 Å². The summed E-state index contributed by atoms with van der Waals surface area (Å²) in [4.78, 5) is 10.8. The van der Waals surface area contributed by atoms with Crippen LogP contribution in [-0.4, -0.2) is 16.7 Å². The molecule has 1 N–H and O–H groups in total. The van der Waals surface area contributed by atoms with Crippen LogP contribution in [0.15, 0.2) is 24.5 Å². The highest BCUT2D eigenvalue weighted by Gasteiger charge is 2.31. The summed E-state index contributed by atoms with van der Waals surface area (Å²) in [6, 6.07) is 0. The molecule has 0 aromatic heterocycles. The Kier molecular flexibility index (Phi) is 2.99. The summed E-state index contributed by atoms with van der Waals surface area (Å²) in [5.41, 5.74) is -0.216.